The summed E-state index contributed by atoms with van der Waals surface area (Å²) in [6.07, 6.45) is 0. The molecule has 0 bridgehead atoms. The van der Waals surface area contributed by atoms with Crippen molar-refractivity contribution in [1.82, 2.24) is 0 Å². The summed E-state index contributed by atoms with van der Waals surface area (Å²) >= 11 is 0. The average Bonchev–Trinajstić information content (AvgIpc) is 2.53. The van der Waals surface area contributed by atoms with E-state index in [9.17, 15) is 0 Å². The van der Waals surface area contributed by atoms with Gasteiger partial charge in [-0.1, -0.05) is 44.2 Å². The minimum Gasteiger partial charge on any atom is -0.486 e. The SMILES string of the molecule is CC(C)c1ccccc1NCc1cccc2c1OCCO2. The van der Waals surface area contributed by atoms with Crippen molar-refractivity contribution in [1.29, 1.82) is 0 Å². The lowest BCUT2D eigenvalue weighted by atomic mass is 10.0. The first-order chi connectivity index (χ1) is 10.3. The van der Waals surface area contributed by atoms with E-state index in [0.717, 1.165) is 23.6 Å². The summed E-state index contributed by atoms with van der Waals surface area (Å²) < 4.78 is 11.4. The fourth-order valence-electron chi connectivity index (χ4n) is 2.63. The predicted octanol–water partition coefficient (Wildman–Crippen LogP) is 4.19. The first kappa shape index (κ1) is 13.8. The molecule has 0 saturated heterocycles. The molecule has 0 atom stereocenters. The van der Waals surface area contributed by atoms with Gasteiger partial charge in [0.1, 0.15) is 13.2 Å². The van der Waals surface area contributed by atoms with Crippen molar-refractivity contribution in [3.8, 4) is 11.5 Å². The first-order valence-electron chi connectivity index (χ1n) is 7.46. The van der Waals surface area contributed by atoms with E-state index >= 15 is 0 Å². The standard InChI is InChI=1S/C18H21NO2/c1-13(2)15-7-3-4-8-16(15)19-12-14-6-5-9-17-18(14)21-11-10-20-17/h3-9,13,19H,10-12H2,1-2H3. The highest BCUT2D eigenvalue weighted by molar-refractivity contribution is 5.55. The molecule has 1 aliphatic heterocycles. The highest BCUT2D eigenvalue weighted by atomic mass is 16.6. The van der Waals surface area contributed by atoms with Crippen LogP contribution in [0.25, 0.3) is 0 Å². The second-order valence-electron chi connectivity index (χ2n) is 5.54. The maximum absolute atomic E-state index is 5.76. The monoisotopic (exact) mass is 283 g/mol. The third-order valence-corrected chi connectivity index (χ3v) is 3.70. The molecule has 0 unspecified atom stereocenters. The fourth-order valence-corrected chi connectivity index (χ4v) is 2.63. The maximum Gasteiger partial charge on any atom is 0.166 e. The summed E-state index contributed by atoms with van der Waals surface area (Å²) in [7, 11) is 0. The zero-order valence-electron chi connectivity index (χ0n) is 12.6. The summed E-state index contributed by atoms with van der Waals surface area (Å²) in [5.41, 5.74) is 3.65. The lowest BCUT2D eigenvalue weighted by Gasteiger charge is -2.22. The van der Waals surface area contributed by atoms with E-state index in [0.29, 0.717) is 19.1 Å². The van der Waals surface area contributed by atoms with Crippen molar-refractivity contribution in [3.05, 3.63) is 53.6 Å². The zero-order chi connectivity index (χ0) is 14.7. The number of ether oxygens (including phenoxy) is 2. The summed E-state index contributed by atoms with van der Waals surface area (Å²) in [5.74, 6) is 2.22. The van der Waals surface area contributed by atoms with Gasteiger partial charge in [0.25, 0.3) is 0 Å². The molecule has 0 saturated carbocycles. The Balaban J connectivity index is 1.80. The Kier molecular flexibility index (Phi) is 4.00. The minimum atomic E-state index is 0.498. The Bertz CT molecular complexity index is 622. The van der Waals surface area contributed by atoms with Crippen molar-refractivity contribution < 1.29 is 9.47 Å². The zero-order valence-corrected chi connectivity index (χ0v) is 12.6. The first-order valence-corrected chi connectivity index (χ1v) is 7.46. The maximum atomic E-state index is 5.76. The van der Waals surface area contributed by atoms with Gasteiger partial charge in [-0.25, -0.2) is 0 Å². The van der Waals surface area contributed by atoms with Crippen molar-refractivity contribution in [2.75, 3.05) is 18.5 Å². The summed E-state index contributed by atoms with van der Waals surface area (Å²) in [6.45, 7) is 6.40. The minimum absolute atomic E-state index is 0.498. The smallest absolute Gasteiger partial charge is 0.166 e. The van der Waals surface area contributed by atoms with Gasteiger partial charge in [0.2, 0.25) is 0 Å². The molecule has 1 heterocycles. The largest absolute Gasteiger partial charge is 0.486 e. The van der Waals surface area contributed by atoms with Crippen LogP contribution in [-0.4, -0.2) is 13.2 Å². The van der Waals surface area contributed by atoms with E-state index < -0.39 is 0 Å². The van der Waals surface area contributed by atoms with Crippen molar-refractivity contribution in [2.45, 2.75) is 26.3 Å². The Morgan fingerprint density at radius 3 is 2.67 bits per heavy atom. The number of rotatable bonds is 4. The van der Waals surface area contributed by atoms with Crippen LogP contribution in [0.2, 0.25) is 0 Å². The summed E-state index contributed by atoms with van der Waals surface area (Å²) in [4.78, 5) is 0. The molecule has 0 aliphatic carbocycles. The fraction of sp³-hybridized carbons (Fsp3) is 0.333. The highest BCUT2D eigenvalue weighted by Crippen LogP contribution is 2.34. The Labute approximate surface area is 125 Å². The van der Waals surface area contributed by atoms with Gasteiger partial charge < -0.3 is 14.8 Å². The number of hydrogen-bond acceptors (Lipinski definition) is 3. The van der Waals surface area contributed by atoms with E-state index in [2.05, 4.69) is 49.5 Å². The molecule has 0 spiro atoms. The van der Waals surface area contributed by atoms with Crippen LogP contribution < -0.4 is 14.8 Å². The molecule has 3 nitrogen and oxygen atoms in total. The van der Waals surface area contributed by atoms with Gasteiger partial charge in [-0.3, -0.25) is 0 Å². The van der Waals surface area contributed by atoms with Crippen LogP contribution in [0, 0.1) is 0 Å². The topological polar surface area (TPSA) is 30.5 Å². The second kappa shape index (κ2) is 6.08. The Morgan fingerprint density at radius 1 is 1.00 bits per heavy atom. The molecule has 1 aliphatic rings. The molecule has 0 radical (unpaired) electrons. The molecule has 3 heteroatoms. The van der Waals surface area contributed by atoms with Crippen LogP contribution in [0.15, 0.2) is 42.5 Å². The van der Waals surface area contributed by atoms with Gasteiger partial charge in [-0.2, -0.15) is 0 Å². The molecule has 0 fully saturated rings. The predicted molar refractivity (Wildman–Crippen MR) is 85.3 cm³/mol. The van der Waals surface area contributed by atoms with Crippen LogP contribution in [0.1, 0.15) is 30.9 Å². The van der Waals surface area contributed by atoms with Crippen LogP contribution in [0.4, 0.5) is 5.69 Å². The van der Waals surface area contributed by atoms with Crippen molar-refractivity contribution in [3.63, 3.8) is 0 Å². The Morgan fingerprint density at radius 2 is 1.81 bits per heavy atom. The van der Waals surface area contributed by atoms with Gasteiger partial charge in [-0.15, -0.1) is 0 Å². The lowest BCUT2D eigenvalue weighted by Crippen LogP contribution is -2.17. The van der Waals surface area contributed by atoms with Crippen LogP contribution in [0.5, 0.6) is 11.5 Å². The van der Waals surface area contributed by atoms with Crippen LogP contribution in [0.3, 0.4) is 0 Å². The lowest BCUT2D eigenvalue weighted by molar-refractivity contribution is 0.170. The normalized spacial score (nSPS) is 13.3. The number of nitrogens with one attached hydrogen (secondary N) is 1. The van der Waals surface area contributed by atoms with Gasteiger partial charge in [0.15, 0.2) is 11.5 Å². The molecule has 0 amide bonds. The quantitative estimate of drug-likeness (QED) is 0.912. The van der Waals surface area contributed by atoms with Crippen LogP contribution >= 0.6 is 0 Å². The van der Waals surface area contributed by atoms with Crippen LogP contribution in [-0.2, 0) is 6.54 Å². The van der Waals surface area contributed by atoms with E-state index in [1.54, 1.807) is 0 Å². The molecule has 21 heavy (non-hydrogen) atoms. The van der Waals surface area contributed by atoms with Gasteiger partial charge in [0, 0.05) is 17.8 Å². The molecule has 1 N–H and O–H groups in total. The van der Waals surface area contributed by atoms with E-state index in [1.807, 2.05) is 12.1 Å². The third kappa shape index (κ3) is 2.97. The third-order valence-electron chi connectivity index (χ3n) is 3.70. The van der Waals surface area contributed by atoms with E-state index in [4.69, 9.17) is 9.47 Å². The molecule has 2 aromatic carbocycles. The summed E-state index contributed by atoms with van der Waals surface area (Å²) in [6, 6.07) is 14.5. The molecular weight excluding hydrogens is 262 g/mol. The van der Waals surface area contributed by atoms with Crippen molar-refractivity contribution in [2.24, 2.45) is 0 Å². The molecule has 110 valence electrons. The summed E-state index contributed by atoms with van der Waals surface area (Å²) in [5, 5.41) is 3.53. The number of para-hydroxylation sites is 2. The molecule has 3 rings (SSSR count). The Hall–Kier alpha value is -2.16. The van der Waals surface area contributed by atoms with E-state index in [1.165, 1.54) is 11.3 Å². The number of anilines is 1. The van der Waals surface area contributed by atoms with E-state index in [-0.39, 0.29) is 0 Å². The molecular formula is C18H21NO2. The number of benzene rings is 2. The average molecular weight is 283 g/mol. The molecule has 0 aromatic heterocycles. The number of hydrogen-bond donors (Lipinski definition) is 1. The van der Waals surface area contributed by atoms with Gasteiger partial charge in [-0.05, 0) is 23.6 Å². The van der Waals surface area contributed by atoms with Crippen molar-refractivity contribution >= 4 is 5.69 Å². The molecule has 2 aromatic rings. The van der Waals surface area contributed by atoms with Gasteiger partial charge >= 0.3 is 0 Å². The number of fused-ring (bicyclic) bond motifs is 1. The second-order valence-corrected chi connectivity index (χ2v) is 5.54. The highest BCUT2D eigenvalue weighted by Gasteiger charge is 2.15. The van der Waals surface area contributed by atoms with Gasteiger partial charge in [0.05, 0.1) is 0 Å².